The molecular formula is C12H12O2. The second-order valence-electron chi connectivity index (χ2n) is 4.61. The van der Waals surface area contributed by atoms with E-state index >= 15 is 0 Å². The minimum Gasteiger partial charge on any atom is -0.295 e. The Morgan fingerprint density at radius 2 is 2.21 bits per heavy atom. The minimum absolute atomic E-state index is 0.140. The Hall–Kier alpha value is -1.18. The Morgan fingerprint density at radius 3 is 3.00 bits per heavy atom. The largest absolute Gasteiger partial charge is 0.295 e. The second kappa shape index (κ2) is 2.25. The van der Waals surface area contributed by atoms with Crippen molar-refractivity contribution in [2.24, 2.45) is 11.3 Å². The van der Waals surface area contributed by atoms with Crippen LogP contribution in [0.5, 0.6) is 0 Å². The zero-order valence-corrected chi connectivity index (χ0v) is 8.17. The lowest BCUT2D eigenvalue weighted by Crippen LogP contribution is -2.30. The number of allylic oxidation sites excluding steroid dienone is 4. The van der Waals surface area contributed by atoms with Crippen LogP contribution < -0.4 is 0 Å². The van der Waals surface area contributed by atoms with Gasteiger partial charge < -0.3 is 0 Å². The van der Waals surface area contributed by atoms with Crippen LogP contribution in [0.3, 0.4) is 0 Å². The van der Waals surface area contributed by atoms with Gasteiger partial charge in [0.05, 0.1) is 5.41 Å². The number of rotatable bonds is 0. The van der Waals surface area contributed by atoms with Crippen molar-refractivity contribution in [2.45, 2.75) is 26.2 Å². The molecule has 0 N–H and O–H groups in total. The third-order valence-electron chi connectivity index (χ3n) is 3.93. The number of carbonyl (C=O) groups excluding carboxylic acids is 2. The lowest BCUT2D eigenvalue weighted by atomic mass is 9.75. The first-order valence-electron chi connectivity index (χ1n) is 5.12. The summed E-state index contributed by atoms with van der Waals surface area (Å²) in [5.74, 6) is 0.658. The highest BCUT2D eigenvalue weighted by Gasteiger charge is 2.57. The Kier molecular flexibility index (Phi) is 1.31. The van der Waals surface area contributed by atoms with Gasteiger partial charge in [0.15, 0.2) is 11.6 Å². The molecule has 1 fully saturated rings. The zero-order chi connectivity index (χ0) is 9.92. The molecule has 0 radical (unpaired) electrons. The normalized spacial score (nSPS) is 39.6. The quantitative estimate of drug-likeness (QED) is 0.581. The van der Waals surface area contributed by atoms with Crippen LogP contribution in [-0.2, 0) is 9.59 Å². The van der Waals surface area contributed by atoms with Crippen molar-refractivity contribution in [3.8, 4) is 0 Å². The highest BCUT2D eigenvalue weighted by Crippen LogP contribution is 2.58. The fourth-order valence-corrected chi connectivity index (χ4v) is 3.33. The molecule has 0 aromatic heterocycles. The summed E-state index contributed by atoms with van der Waals surface area (Å²) in [6, 6.07) is 0. The Morgan fingerprint density at radius 1 is 1.43 bits per heavy atom. The van der Waals surface area contributed by atoms with Crippen LogP contribution in [0, 0.1) is 11.3 Å². The SMILES string of the molecule is CC1=CC2CCC3=CC(=O)CC32C1=O. The summed E-state index contributed by atoms with van der Waals surface area (Å²) in [6.07, 6.45) is 6.19. The van der Waals surface area contributed by atoms with Crippen LogP contribution in [0.2, 0.25) is 0 Å². The van der Waals surface area contributed by atoms with Gasteiger partial charge >= 0.3 is 0 Å². The van der Waals surface area contributed by atoms with Crippen LogP contribution >= 0.6 is 0 Å². The molecule has 0 heterocycles. The van der Waals surface area contributed by atoms with E-state index in [9.17, 15) is 9.59 Å². The summed E-state index contributed by atoms with van der Waals surface area (Å²) < 4.78 is 0. The van der Waals surface area contributed by atoms with Crippen LogP contribution in [-0.4, -0.2) is 11.6 Å². The van der Waals surface area contributed by atoms with Crippen molar-refractivity contribution < 1.29 is 9.59 Å². The van der Waals surface area contributed by atoms with Gasteiger partial charge in [-0.1, -0.05) is 11.6 Å². The molecule has 3 aliphatic rings. The summed E-state index contributed by atoms with van der Waals surface area (Å²) in [4.78, 5) is 23.5. The van der Waals surface area contributed by atoms with E-state index in [1.165, 1.54) is 0 Å². The first kappa shape index (κ1) is 8.16. The molecule has 2 atom stereocenters. The Bertz CT molecular complexity index is 414. The van der Waals surface area contributed by atoms with E-state index in [0.717, 1.165) is 24.0 Å². The van der Waals surface area contributed by atoms with E-state index in [2.05, 4.69) is 6.08 Å². The van der Waals surface area contributed by atoms with E-state index in [0.29, 0.717) is 12.3 Å². The van der Waals surface area contributed by atoms with Gasteiger partial charge in [-0.15, -0.1) is 0 Å². The summed E-state index contributed by atoms with van der Waals surface area (Å²) in [7, 11) is 0. The molecule has 0 amide bonds. The number of hydrogen-bond donors (Lipinski definition) is 0. The molecule has 1 saturated carbocycles. The lowest BCUT2D eigenvalue weighted by Gasteiger charge is -2.24. The van der Waals surface area contributed by atoms with Crippen LogP contribution in [0.25, 0.3) is 0 Å². The summed E-state index contributed by atoms with van der Waals surface area (Å²) in [6.45, 7) is 1.87. The van der Waals surface area contributed by atoms with Crippen molar-refractivity contribution in [3.63, 3.8) is 0 Å². The average molecular weight is 188 g/mol. The number of hydrogen-bond acceptors (Lipinski definition) is 2. The van der Waals surface area contributed by atoms with Crippen LogP contribution in [0.1, 0.15) is 26.2 Å². The third-order valence-corrected chi connectivity index (χ3v) is 3.93. The molecule has 0 aromatic carbocycles. The van der Waals surface area contributed by atoms with E-state index in [1.807, 2.05) is 6.92 Å². The van der Waals surface area contributed by atoms with Crippen LogP contribution in [0.15, 0.2) is 23.3 Å². The fraction of sp³-hybridized carbons (Fsp3) is 0.500. The zero-order valence-electron chi connectivity index (χ0n) is 8.17. The molecule has 2 unspecified atom stereocenters. The van der Waals surface area contributed by atoms with Gasteiger partial charge in [-0.05, 0) is 37.3 Å². The van der Waals surface area contributed by atoms with Crippen molar-refractivity contribution in [1.82, 2.24) is 0 Å². The van der Waals surface area contributed by atoms with Gasteiger partial charge in [-0.3, -0.25) is 9.59 Å². The molecule has 2 heteroatoms. The molecule has 14 heavy (non-hydrogen) atoms. The molecule has 0 saturated heterocycles. The number of carbonyl (C=O) groups is 2. The number of Topliss-reactive ketones (excluding diaryl/α,β-unsaturated/α-hetero) is 1. The van der Waals surface area contributed by atoms with Gasteiger partial charge in [0, 0.05) is 6.42 Å². The Balaban J connectivity index is 2.17. The molecule has 3 aliphatic carbocycles. The van der Waals surface area contributed by atoms with Gasteiger partial charge in [-0.25, -0.2) is 0 Å². The maximum atomic E-state index is 12.1. The monoisotopic (exact) mass is 188 g/mol. The molecule has 2 nitrogen and oxygen atoms in total. The molecule has 0 aromatic rings. The predicted octanol–water partition coefficient (Wildman–Crippen LogP) is 1.81. The Labute approximate surface area is 82.7 Å². The maximum absolute atomic E-state index is 12.1. The standard InChI is InChI=1S/C12H12O2/c1-7-4-8-2-3-9-5-10(13)6-12(8,9)11(7)14/h4-5,8H,2-3,6H2,1H3. The van der Waals surface area contributed by atoms with E-state index in [1.54, 1.807) is 6.08 Å². The van der Waals surface area contributed by atoms with Crippen molar-refractivity contribution >= 4 is 11.6 Å². The lowest BCUT2D eigenvalue weighted by molar-refractivity contribution is -0.126. The maximum Gasteiger partial charge on any atom is 0.169 e. The summed E-state index contributed by atoms with van der Waals surface area (Å²) in [5.41, 5.74) is 1.56. The van der Waals surface area contributed by atoms with Gasteiger partial charge in [-0.2, -0.15) is 0 Å². The number of ketones is 2. The molecule has 1 spiro atoms. The molecule has 72 valence electrons. The predicted molar refractivity (Wildman–Crippen MR) is 51.6 cm³/mol. The van der Waals surface area contributed by atoms with Crippen molar-refractivity contribution in [1.29, 1.82) is 0 Å². The van der Waals surface area contributed by atoms with Crippen LogP contribution in [0.4, 0.5) is 0 Å². The first-order valence-corrected chi connectivity index (χ1v) is 5.12. The summed E-state index contributed by atoms with van der Waals surface area (Å²) >= 11 is 0. The molecule has 0 aliphatic heterocycles. The average Bonchev–Trinajstić information content (AvgIpc) is 2.67. The fourth-order valence-electron chi connectivity index (χ4n) is 3.33. The van der Waals surface area contributed by atoms with Gasteiger partial charge in [0.1, 0.15) is 0 Å². The first-order chi connectivity index (χ1) is 6.64. The highest BCUT2D eigenvalue weighted by atomic mass is 16.1. The van der Waals surface area contributed by atoms with E-state index < -0.39 is 5.41 Å². The molecule has 3 rings (SSSR count). The second-order valence-corrected chi connectivity index (χ2v) is 4.61. The van der Waals surface area contributed by atoms with Crippen molar-refractivity contribution in [2.75, 3.05) is 0 Å². The molecular weight excluding hydrogens is 176 g/mol. The smallest absolute Gasteiger partial charge is 0.169 e. The van der Waals surface area contributed by atoms with Gasteiger partial charge in [0.2, 0.25) is 0 Å². The van der Waals surface area contributed by atoms with E-state index in [-0.39, 0.29) is 11.6 Å². The van der Waals surface area contributed by atoms with E-state index in [4.69, 9.17) is 0 Å². The topological polar surface area (TPSA) is 34.1 Å². The summed E-state index contributed by atoms with van der Waals surface area (Å²) in [5, 5.41) is 0. The third kappa shape index (κ3) is 0.692. The van der Waals surface area contributed by atoms with Crippen molar-refractivity contribution in [3.05, 3.63) is 23.3 Å². The highest BCUT2D eigenvalue weighted by molar-refractivity contribution is 6.11. The van der Waals surface area contributed by atoms with Gasteiger partial charge in [0.25, 0.3) is 0 Å². The minimum atomic E-state index is -0.402. The molecule has 0 bridgehead atoms.